The number of aromatic nitrogens is 1. The van der Waals surface area contributed by atoms with Gasteiger partial charge in [-0.25, -0.2) is 4.18 Å². The molecule has 0 spiro atoms. The minimum Gasteiger partial charge on any atom is -0.360 e. The Bertz CT molecular complexity index is 393. The van der Waals surface area contributed by atoms with E-state index in [1.165, 1.54) is 0 Å². The summed E-state index contributed by atoms with van der Waals surface area (Å²) in [7, 11) is -4.35. The first-order chi connectivity index (χ1) is 5.88. The summed E-state index contributed by atoms with van der Waals surface area (Å²) in [6.07, 6.45) is 0. The molecule has 0 aliphatic carbocycles. The number of rotatable bonds is 3. The van der Waals surface area contributed by atoms with Crippen molar-refractivity contribution in [1.82, 2.24) is 4.98 Å². The van der Waals surface area contributed by atoms with Crippen LogP contribution in [0.15, 0.2) is 6.07 Å². The molecule has 0 unspecified atom stereocenters. The Morgan fingerprint density at radius 2 is 2.15 bits per heavy atom. The average Bonchev–Trinajstić information content (AvgIpc) is 2.24. The van der Waals surface area contributed by atoms with Crippen LogP contribution in [-0.4, -0.2) is 18.0 Å². The molecular formula is C7H11NO4S. The van der Waals surface area contributed by atoms with Crippen LogP contribution < -0.4 is 0 Å². The van der Waals surface area contributed by atoms with Crippen molar-refractivity contribution < 1.29 is 17.2 Å². The predicted molar refractivity (Wildman–Crippen MR) is 46.6 cm³/mol. The largest absolute Gasteiger partial charge is 0.397 e. The number of hydrogen-bond acceptors (Lipinski definition) is 3. The van der Waals surface area contributed by atoms with Crippen molar-refractivity contribution in [3.05, 3.63) is 23.0 Å². The minimum absolute atomic E-state index is 0.168. The van der Waals surface area contributed by atoms with Crippen LogP contribution in [0.5, 0.6) is 0 Å². The van der Waals surface area contributed by atoms with E-state index >= 15 is 0 Å². The van der Waals surface area contributed by atoms with Gasteiger partial charge in [-0.05, 0) is 25.5 Å². The summed E-state index contributed by atoms with van der Waals surface area (Å²) in [6.45, 7) is 3.51. The fourth-order valence-corrected chi connectivity index (χ4v) is 1.33. The number of hydrogen-bond donors (Lipinski definition) is 2. The zero-order chi connectivity index (χ0) is 10.1. The lowest BCUT2D eigenvalue weighted by molar-refractivity contribution is 0.256. The molecule has 0 aliphatic heterocycles. The van der Waals surface area contributed by atoms with Crippen LogP contribution in [0.4, 0.5) is 0 Å². The summed E-state index contributed by atoms with van der Waals surface area (Å²) in [6, 6.07) is 1.86. The van der Waals surface area contributed by atoms with E-state index in [9.17, 15) is 8.42 Å². The zero-order valence-electron chi connectivity index (χ0n) is 7.36. The topological polar surface area (TPSA) is 79.4 Å². The fourth-order valence-electron chi connectivity index (χ4n) is 1.07. The van der Waals surface area contributed by atoms with Crippen LogP contribution in [-0.2, 0) is 21.2 Å². The Balaban J connectivity index is 2.70. The molecule has 1 aromatic rings. The summed E-state index contributed by atoms with van der Waals surface area (Å²) < 4.78 is 33.0. The first-order valence-corrected chi connectivity index (χ1v) is 5.02. The first-order valence-electron chi connectivity index (χ1n) is 3.65. The van der Waals surface area contributed by atoms with Crippen LogP contribution in [0.1, 0.15) is 17.0 Å². The van der Waals surface area contributed by atoms with Crippen LogP contribution in [0, 0.1) is 13.8 Å². The second-order valence-electron chi connectivity index (χ2n) is 2.80. The lowest BCUT2D eigenvalue weighted by Crippen LogP contribution is -2.04. The van der Waals surface area contributed by atoms with Gasteiger partial charge in [0, 0.05) is 11.4 Å². The van der Waals surface area contributed by atoms with Gasteiger partial charge in [-0.2, -0.15) is 8.42 Å². The van der Waals surface area contributed by atoms with Gasteiger partial charge in [0.25, 0.3) is 0 Å². The SMILES string of the molecule is Cc1cc(C)c(COS(=O)(=O)O)[nH]1. The first kappa shape index (κ1) is 10.2. The predicted octanol–water partition coefficient (Wildman–Crippen LogP) is 0.951. The molecule has 1 heterocycles. The minimum atomic E-state index is -4.35. The maximum Gasteiger partial charge on any atom is 0.397 e. The molecule has 1 rings (SSSR count). The van der Waals surface area contributed by atoms with Crippen molar-refractivity contribution >= 4 is 10.4 Å². The van der Waals surface area contributed by atoms with Crippen molar-refractivity contribution in [3.63, 3.8) is 0 Å². The molecule has 0 aliphatic rings. The monoisotopic (exact) mass is 205 g/mol. The van der Waals surface area contributed by atoms with Gasteiger partial charge in [0.05, 0.1) is 0 Å². The summed E-state index contributed by atoms with van der Waals surface area (Å²) in [4.78, 5) is 2.92. The Hall–Kier alpha value is -0.850. The Kier molecular flexibility index (Phi) is 2.74. The Labute approximate surface area is 76.7 Å². The standard InChI is InChI=1S/C7H11NO4S/c1-5-3-6(2)8-7(5)4-12-13(9,10)11/h3,8H,4H2,1-2H3,(H,9,10,11). The van der Waals surface area contributed by atoms with E-state index in [2.05, 4.69) is 9.17 Å². The van der Waals surface area contributed by atoms with Crippen LogP contribution in [0.3, 0.4) is 0 Å². The van der Waals surface area contributed by atoms with Crippen LogP contribution in [0.25, 0.3) is 0 Å². The second-order valence-corrected chi connectivity index (χ2v) is 3.90. The molecule has 0 saturated heterocycles. The third-order valence-electron chi connectivity index (χ3n) is 1.61. The molecule has 2 N–H and O–H groups in total. The Morgan fingerprint density at radius 1 is 1.54 bits per heavy atom. The lowest BCUT2D eigenvalue weighted by atomic mass is 10.3. The molecule has 0 atom stereocenters. The highest BCUT2D eigenvalue weighted by Gasteiger charge is 2.08. The van der Waals surface area contributed by atoms with Crippen molar-refractivity contribution in [1.29, 1.82) is 0 Å². The van der Waals surface area contributed by atoms with Crippen molar-refractivity contribution in [2.75, 3.05) is 0 Å². The molecule has 74 valence electrons. The molecule has 0 fully saturated rings. The molecular weight excluding hydrogens is 194 g/mol. The normalized spacial score (nSPS) is 11.9. The van der Waals surface area contributed by atoms with E-state index in [1.54, 1.807) is 0 Å². The van der Waals surface area contributed by atoms with Crippen LogP contribution in [0.2, 0.25) is 0 Å². The second kappa shape index (κ2) is 3.49. The molecule has 6 heteroatoms. The van der Waals surface area contributed by atoms with Gasteiger partial charge >= 0.3 is 10.4 Å². The van der Waals surface area contributed by atoms with Gasteiger partial charge < -0.3 is 4.98 Å². The maximum atomic E-state index is 10.2. The maximum absolute atomic E-state index is 10.2. The third kappa shape index (κ3) is 3.17. The van der Waals surface area contributed by atoms with Gasteiger partial charge in [0.15, 0.2) is 0 Å². The number of nitrogens with one attached hydrogen (secondary N) is 1. The molecule has 13 heavy (non-hydrogen) atoms. The van der Waals surface area contributed by atoms with E-state index in [4.69, 9.17) is 4.55 Å². The lowest BCUT2D eigenvalue weighted by Gasteiger charge is -1.98. The average molecular weight is 205 g/mol. The van der Waals surface area contributed by atoms with Gasteiger partial charge in [-0.15, -0.1) is 0 Å². The molecule has 0 radical (unpaired) electrons. The van der Waals surface area contributed by atoms with Crippen molar-refractivity contribution in [2.45, 2.75) is 20.5 Å². The van der Waals surface area contributed by atoms with E-state index in [-0.39, 0.29) is 6.61 Å². The summed E-state index contributed by atoms with van der Waals surface area (Å²) in [5.74, 6) is 0. The van der Waals surface area contributed by atoms with Crippen molar-refractivity contribution in [3.8, 4) is 0 Å². The highest BCUT2D eigenvalue weighted by atomic mass is 32.3. The number of aryl methyl sites for hydroxylation is 2. The van der Waals surface area contributed by atoms with Gasteiger partial charge in [0.2, 0.25) is 0 Å². The van der Waals surface area contributed by atoms with Gasteiger partial charge in [0.1, 0.15) is 6.61 Å². The summed E-state index contributed by atoms with van der Waals surface area (Å²) in [5, 5.41) is 0. The quantitative estimate of drug-likeness (QED) is 0.720. The number of aromatic amines is 1. The molecule has 0 saturated carbocycles. The van der Waals surface area contributed by atoms with E-state index in [1.807, 2.05) is 19.9 Å². The van der Waals surface area contributed by atoms with Crippen LogP contribution >= 0.6 is 0 Å². The summed E-state index contributed by atoms with van der Waals surface area (Å²) in [5.41, 5.74) is 2.47. The third-order valence-corrected chi connectivity index (χ3v) is 2.02. The molecule has 0 bridgehead atoms. The highest BCUT2D eigenvalue weighted by Crippen LogP contribution is 2.10. The summed E-state index contributed by atoms with van der Waals surface area (Å²) >= 11 is 0. The molecule has 0 amide bonds. The van der Waals surface area contributed by atoms with Gasteiger partial charge in [-0.1, -0.05) is 0 Å². The molecule has 0 aromatic carbocycles. The zero-order valence-corrected chi connectivity index (χ0v) is 8.18. The van der Waals surface area contributed by atoms with Crippen molar-refractivity contribution in [2.24, 2.45) is 0 Å². The van der Waals surface area contributed by atoms with Gasteiger partial charge in [-0.3, -0.25) is 4.55 Å². The fraction of sp³-hybridized carbons (Fsp3) is 0.429. The number of H-pyrrole nitrogens is 1. The molecule has 1 aromatic heterocycles. The van der Waals surface area contributed by atoms with E-state index in [0.29, 0.717) is 5.69 Å². The highest BCUT2D eigenvalue weighted by molar-refractivity contribution is 7.80. The Morgan fingerprint density at radius 3 is 2.54 bits per heavy atom. The smallest absolute Gasteiger partial charge is 0.360 e. The van der Waals surface area contributed by atoms with E-state index in [0.717, 1.165) is 11.3 Å². The molecule has 5 nitrogen and oxygen atoms in total. The van der Waals surface area contributed by atoms with E-state index < -0.39 is 10.4 Å².